The Morgan fingerprint density at radius 2 is 2.13 bits per heavy atom. The van der Waals surface area contributed by atoms with E-state index in [1.165, 1.54) is 6.08 Å². The number of aryl methyl sites for hydroxylation is 1. The van der Waals surface area contributed by atoms with Gasteiger partial charge in [0, 0.05) is 6.54 Å². The SMILES string of the molecule is C=CCn1c(O)c(/C(C)=N/Nc2ccccc2C)c(=O)[nH]c1=O. The van der Waals surface area contributed by atoms with E-state index in [-0.39, 0.29) is 17.8 Å². The fourth-order valence-electron chi connectivity index (χ4n) is 2.08. The van der Waals surface area contributed by atoms with E-state index < -0.39 is 17.1 Å². The van der Waals surface area contributed by atoms with Crippen molar-refractivity contribution in [2.24, 2.45) is 5.10 Å². The molecule has 2 rings (SSSR count). The molecular weight excluding hydrogens is 296 g/mol. The summed E-state index contributed by atoms with van der Waals surface area (Å²) in [7, 11) is 0. The number of para-hydroxylation sites is 1. The molecule has 0 saturated heterocycles. The van der Waals surface area contributed by atoms with Gasteiger partial charge in [-0.1, -0.05) is 24.3 Å². The van der Waals surface area contributed by atoms with Crippen molar-refractivity contribution in [3.63, 3.8) is 0 Å². The molecule has 0 fully saturated rings. The molecule has 7 heteroatoms. The van der Waals surface area contributed by atoms with E-state index in [9.17, 15) is 14.7 Å². The van der Waals surface area contributed by atoms with Crippen LogP contribution in [0.3, 0.4) is 0 Å². The number of benzene rings is 1. The third-order valence-electron chi connectivity index (χ3n) is 3.33. The van der Waals surface area contributed by atoms with Crippen LogP contribution in [0.2, 0.25) is 0 Å². The van der Waals surface area contributed by atoms with E-state index >= 15 is 0 Å². The molecule has 0 amide bonds. The van der Waals surface area contributed by atoms with Crippen molar-refractivity contribution >= 4 is 11.4 Å². The zero-order valence-corrected chi connectivity index (χ0v) is 13.0. The fraction of sp³-hybridized carbons (Fsp3) is 0.188. The molecule has 1 aromatic heterocycles. The van der Waals surface area contributed by atoms with Gasteiger partial charge in [0.2, 0.25) is 5.88 Å². The van der Waals surface area contributed by atoms with Crippen molar-refractivity contribution in [3.05, 3.63) is 68.9 Å². The topological polar surface area (TPSA) is 99.5 Å². The summed E-state index contributed by atoms with van der Waals surface area (Å²) in [6.07, 6.45) is 1.45. The summed E-state index contributed by atoms with van der Waals surface area (Å²) in [6.45, 7) is 7.08. The van der Waals surface area contributed by atoms with Gasteiger partial charge in [0.1, 0.15) is 5.56 Å². The smallest absolute Gasteiger partial charge is 0.331 e. The highest BCUT2D eigenvalue weighted by Crippen LogP contribution is 2.15. The molecule has 0 atom stereocenters. The van der Waals surface area contributed by atoms with Crippen LogP contribution in [-0.2, 0) is 6.54 Å². The second-order valence-electron chi connectivity index (χ2n) is 4.98. The number of nitrogens with one attached hydrogen (secondary N) is 2. The Kier molecular flexibility index (Phi) is 4.80. The van der Waals surface area contributed by atoms with Crippen LogP contribution >= 0.6 is 0 Å². The lowest BCUT2D eigenvalue weighted by Gasteiger charge is -2.10. The molecule has 0 aliphatic carbocycles. The first-order valence-corrected chi connectivity index (χ1v) is 6.99. The van der Waals surface area contributed by atoms with Crippen molar-refractivity contribution in [3.8, 4) is 5.88 Å². The minimum absolute atomic E-state index is 0.0625. The summed E-state index contributed by atoms with van der Waals surface area (Å²) in [5.74, 6) is -0.438. The molecule has 7 nitrogen and oxygen atoms in total. The number of rotatable bonds is 5. The van der Waals surface area contributed by atoms with Crippen molar-refractivity contribution in [2.75, 3.05) is 5.43 Å². The Morgan fingerprint density at radius 3 is 2.78 bits per heavy atom. The third kappa shape index (κ3) is 3.39. The first-order chi connectivity index (χ1) is 11.0. The summed E-state index contributed by atoms with van der Waals surface area (Å²) in [5, 5.41) is 14.3. The van der Waals surface area contributed by atoms with Crippen LogP contribution in [0, 0.1) is 6.92 Å². The van der Waals surface area contributed by atoms with Crippen LogP contribution in [0.4, 0.5) is 5.69 Å². The average molecular weight is 314 g/mol. The molecule has 0 aliphatic heterocycles. The third-order valence-corrected chi connectivity index (χ3v) is 3.33. The Hall–Kier alpha value is -3.09. The van der Waals surface area contributed by atoms with Crippen LogP contribution in [0.1, 0.15) is 18.1 Å². The molecule has 23 heavy (non-hydrogen) atoms. The van der Waals surface area contributed by atoms with Crippen LogP contribution in [0.15, 0.2) is 51.6 Å². The maximum absolute atomic E-state index is 12.0. The largest absolute Gasteiger partial charge is 0.494 e. The Morgan fingerprint density at radius 1 is 1.43 bits per heavy atom. The molecule has 0 saturated carbocycles. The first kappa shape index (κ1) is 16.3. The summed E-state index contributed by atoms with van der Waals surface area (Å²) >= 11 is 0. The van der Waals surface area contributed by atoms with Gasteiger partial charge in [0.15, 0.2) is 0 Å². The standard InChI is InChI=1S/C16H18N4O3/c1-4-9-20-15(22)13(14(21)17-16(20)23)11(3)18-19-12-8-6-5-7-10(12)2/h4-8,19,22H,1,9H2,2-3H3,(H,17,21,23)/b18-11+. The normalized spacial score (nSPS) is 11.3. The number of aromatic amines is 1. The van der Waals surface area contributed by atoms with Crippen molar-refractivity contribution < 1.29 is 5.11 Å². The second kappa shape index (κ2) is 6.78. The van der Waals surface area contributed by atoms with Crippen LogP contribution in [-0.4, -0.2) is 20.4 Å². The molecule has 2 aromatic rings. The van der Waals surface area contributed by atoms with Gasteiger partial charge in [-0.3, -0.25) is 19.8 Å². The zero-order chi connectivity index (χ0) is 17.0. The highest BCUT2D eigenvalue weighted by atomic mass is 16.3. The highest BCUT2D eigenvalue weighted by molar-refractivity contribution is 6.00. The first-order valence-electron chi connectivity index (χ1n) is 6.99. The molecule has 0 aliphatic rings. The molecule has 1 heterocycles. The minimum Gasteiger partial charge on any atom is -0.494 e. The summed E-state index contributed by atoms with van der Waals surface area (Å²) in [4.78, 5) is 25.8. The summed E-state index contributed by atoms with van der Waals surface area (Å²) in [6, 6.07) is 7.52. The number of nitrogens with zero attached hydrogens (tertiary/aromatic N) is 2. The maximum Gasteiger partial charge on any atom is 0.331 e. The molecule has 1 aromatic carbocycles. The molecule has 120 valence electrons. The van der Waals surface area contributed by atoms with Crippen molar-refractivity contribution in [1.82, 2.24) is 9.55 Å². The molecule has 0 radical (unpaired) electrons. The number of allylic oxidation sites excluding steroid dienone is 1. The van der Waals surface area contributed by atoms with E-state index in [2.05, 4.69) is 22.1 Å². The fourth-order valence-corrected chi connectivity index (χ4v) is 2.08. The van der Waals surface area contributed by atoms with E-state index in [1.807, 2.05) is 31.2 Å². The van der Waals surface area contributed by atoms with Gasteiger partial charge in [-0.15, -0.1) is 6.58 Å². The monoisotopic (exact) mass is 314 g/mol. The summed E-state index contributed by atoms with van der Waals surface area (Å²) < 4.78 is 1.01. The summed E-state index contributed by atoms with van der Waals surface area (Å²) in [5.41, 5.74) is 3.41. The Bertz CT molecular complexity index is 878. The van der Waals surface area contributed by atoms with Gasteiger partial charge in [-0.2, -0.15) is 5.10 Å². The van der Waals surface area contributed by atoms with Gasteiger partial charge >= 0.3 is 5.69 Å². The van der Waals surface area contributed by atoms with Gasteiger partial charge in [0.05, 0.1) is 11.4 Å². The van der Waals surface area contributed by atoms with E-state index in [1.54, 1.807) is 6.92 Å². The maximum atomic E-state index is 12.0. The predicted octanol–water partition coefficient (Wildman–Crippen LogP) is 1.57. The van der Waals surface area contributed by atoms with Crippen molar-refractivity contribution in [1.29, 1.82) is 0 Å². The van der Waals surface area contributed by atoms with Gasteiger partial charge in [-0.05, 0) is 25.5 Å². The lowest BCUT2D eigenvalue weighted by atomic mass is 10.2. The van der Waals surface area contributed by atoms with E-state index in [4.69, 9.17) is 0 Å². The molecule has 0 bridgehead atoms. The lowest BCUT2D eigenvalue weighted by molar-refractivity contribution is 0.409. The Labute approximate surface area is 132 Å². The molecule has 0 spiro atoms. The van der Waals surface area contributed by atoms with Crippen LogP contribution < -0.4 is 16.7 Å². The van der Waals surface area contributed by atoms with Gasteiger partial charge < -0.3 is 5.11 Å². The predicted molar refractivity (Wildman–Crippen MR) is 90.2 cm³/mol. The number of hydrazone groups is 1. The van der Waals surface area contributed by atoms with Gasteiger partial charge in [0.25, 0.3) is 5.56 Å². The van der Waals surface area contributed by atoms with Crippen LogP contribution in [0.5, 0.6) is 5.88 Å². The number of hydrogen-bond donors (Lipinski definition) is 3. The van der Waals surface area contributed by atoms with Crippen LogP contribution in [0.25, 0.3) is 0 Å². The number of hydrogen-bond acceptors (Lipinski definition) is 5. The highest BCUT2D eigenvalue weighted by Gasteiger charge is 2.16. The van der Waals surface area contributed by atoms with Crippen molar-refractivity contribution in [2.45, 2.75) is 20.4 Å². The lowest BCUT2D eigenvalue weighted by Crippen LogP contribution is -2.33. The number of anilines is 1. The van der Waals surface area contributed by atoms with E-state index in [0.29, 0.717) is 0 Å². The number of aromatic hydroxyl groups is 1. The Balaban J connectivity index is 2.45. The molecule has 0 unspecified atom stereocenters. The van der Waals surface area contributed by atoms with E-state index in [0.717, 1.165) is 15.8 Å². The molecular formula is C16H18N4O3. The van der Waals surface area contributed by atoms with Gasteiger partial charge in [-0.25, -0.2) is 4.79 Å². The second-order valence-corrected chi connectivity index (χ2v) is 4.98. The quantitative estimate of drug-likeness (QED) is 0.443. The molecule has 3 N–H and O–H groups in total. The number of aromatic nitrogens is 2. The zero-order valence-electron chi connectivity index (χ0n) is 13.0. The average Bonchev–Trinajstić information content (AvgIpc) is 2.50. The number of H-pyrrole nitrogens is 1. The minimum atomic E-state index is -0.698.